The zero-order valence-electron chi connectivity index (χ0n) is 12.7. The Bertz CT molecular complexity index is 453. The lowest BCUT2D eigenvalue weighted by atomic mass is 10.2. The van der Waals surface area contributed by atoms with Gasteiger partial charge in [0, 0.05) is 25.7 Å². The number of halogens is 1. The van der Waals surface area contributed by atoms with Crippen LogP contribution in [0.5, 0.6) is 11.5 Å². The Balaban J connectivity index is 0.00000220. The minimum absolute atomic E-state index is 0. The van der Waals surface area contributed by atoms with Crippen LogP contribution in [0.25, 0.3) is 0 Å². The van der Waals surface area contributed by atoms with Gasteiger partial charge in [-0.05, 0) is 38.1 Å². The van der Waals surface area contributed by atoms with Crippen molar-refractivity contribution in [3.05, 3.63) is 24.3 Å². The van der Waals surface area contributed by atoms with Crippen LogP contribution in [0, 0.1) is 0 Å². The molecule has 118 valence electrons. The number of nitrogens with zero attached hydrogens (tertiary/aromatic N) is 1. The second-order valence-corrected chi connectivity index (χ2v) is 5.02. The van der Waals surface area contributed by atoms with Gasteiger partial charge in [-0.3, -0.25) is 4.79 Å². The zero-order chi connectivity index (χ0) is 14.5. The van der Waals surface area contributed by atoms with Crippen LogP contribution in [0.1, 0.15) is 13.8 Å². The fourth-order valence-corrected chi connectivity index (χ4v) is 2.31. The fraction of sp³-hybridized carbons (Fsp3) is 0.533. The van der Waals surface area contributed by atoms with Gasteiger partial charge in [0.15, 0.2) is 6.10 Å². The minimum Gasteiger partial charge on any atom is -0.497 e. The third-order valence-corrected chi connectivity index (χ3v) is 3.50. The number of methoxy groups -OCH3 is 1. The highest BCUT2D eigenvalue weighted by Crippen LogP contribution is 2.19. The van der Waals surface area contributed by atoms with E-state index in [1.54, 1.807) is 14.0 Å². The third kappa shape index (κ3) is 4.51. The van der Waals surface area contributed by atoms with Crippen molar-refractivity contribution in [3.63, 3.8) is 0 Å². The van der Waals surface area contributed by atoms with Crippen LogP contribution in [-0.2, 0) is 4.79 Å². The van der Waals surface area contributed by atoms with Crippen molar-refractivity contribution in [2.24, 2.45) is 0 Å². The molecule has 0 spiro atoms. The number of amides is 1. The predicted molar refractivity (Wildman–Crippen MR) is 84.4 cm³/mol. The second kappa shape index (κ2) is 8.10. The highest BCUT2D eigenvalue weighted by atomic mass is 35.5. The van der Waals surface area contributed by atoms with Crippen molar-refractivity contribution >= 4 is 18.3 Å². The van der Waals surface area contributed by atoms with Crippen LogP contribution in [0.2, 0.25) is 0 Å². The number of carbonyl (C=O) groups is 1. The summed E-state index contributed by atoms with van der Waals surface area (Å²) >= 11 is 0. The molecule has 2 rings (SSSR count). The van der Waals surface area contributed by atoms with Gasteiger partial charge in [0.2, 0.25) is 0 Å². The molecule has 1 aliphatic heterocycles. The lowest BCUT2D eigenvalue weighted by Crippen LogP contribution is -2.55. The molecule has 0 saturated carbocycles. The number of rotatable bonds is 4. The summed E-state index contributed by atoms with van der Waals surface area (Å²) < 4.78 is 10.8. The van der Waals surface area contributed by atoms with Crippen LogP contribution in [0.4, 0.5) is 0 Å². The maximum Gasteiger partial charge on any atom is 0.263 e. The van der Waals surface area contributed by atoms with Gasteiger partial charge in [0.25, 0.3) is 5.91 Å². The predicted octanol–water partition coefficient (Wildman–Crippen LogP) is 1.70. The number of piperazine rings is 1. The van der Waals surface area contributed by atoms with Gasteiger partial charge in [0.05, 0.1) is 7.11 Å². The number of hydrogen-bond acceptors (Lipinski definition) is 4. The summed E-state index contributed by atoms with van der Waals surface area (Å²) in [6, 6.07) is 7.46. The van der Waals surface area contributed by atoms with Crippen LogP contribution in [0.3, 0.4) is 0 Å². The molecule has 0 radical (unpaired) electrons. The van der Waals surface area contributed by atoms with E-state index < -0.39 is 6.10 Å². The van der Waals surface area contributed by atoms with E-state index in [1.807, 2.05) is 36.1 Å². The quantitative estimate of drug-likeness (QED) is 0.919. The van der Waals surface area contributed by atoms with Crippen LogP contribution >= 0.6 is 12.4 Å². The van der Waals surface area contributed by atoms with Crippen molar-refractivity contribution in [2.45, 2.75) is 26.0 Å². The van der Waals surface area contributed by atoms with E-state index in [2.05, 4.69) is 5.32 Å². The van der Waals surface area contributed by atoms with Gasteiger partial charge < -0.3 is 19.7 Å². The van der Waals surface area contributed by atoms with Crippen molar-refractivity contribution in [2.75, 3.05) is 26.7 Å². The van der Waals surface area contributed by atoms with E-state index in [4.69, 9.17) is 9.47 Å². The number of hydrogen-bond donors (Lipinski definition) is 1. The zero-order valence-corrected chi connectivity index (χ0v) is 13.5. The number of carbonyl (C=O) groups excluding carboxylic acids is 1. The molecule has 1 N–H and O–H groups in total. The Morgan fingerprint density at radius 1 is 1.33 bits per heavy atom. The first-order valence-corrected chi connectivity index (χ1v) is 6.93. The smallest absolute Gasteiger partial charge is 0.263 e. The first-order valence-electron chi connectivity index (χ1n) is 6.93. The molecule has 1 unspecified atom stereocenters. The second-order valence-electron chi connectivity index (χ2n) is 5.02. The normalized spacial score (nSPS) is 19.4. The van der Waals surface area contributed by atoms with Crippen LogP contribution in [0.15, 0.2) is 24.3 Å². The van der Waals surface area contributed by atoms with Crippen LogP contribution in [-0.4, -0.2) is 49.7 Å². The molecule has 0 aromatic heterocycles. The van der Waals surface area contributed by atoms with E-state index in [-0.39, 0.29) is 24.4 Å². The summed E-state index contributed by atoms with van der Waals surface area (Å²) in [6.45, 7) is 6.24. The largest absolute Gasteiger partial charge is 0.497 e. The SMILES string of the molecule is COc1ccc(OC(C)C(=O)N2CCNC[C@H]2C)cc1.Cl. The number of nitrogens with one attached hydrogen (secondary N) is 1. The molecule has 1 saturated heterocycles. The average molecular weight is 315 g/mol. The van der Waals surface area contributed by atoms with Crippen molar-refractivity contribution < 1.29 is 14.3 Å². The Morgan fingerprint density at radius 3 is 2.52 bits per heavy atom. The van der Waals surface area contributed by atoms with E-state index in [1.165, 1.54) is 0 Å². The molecule has 1 aromatic carbocycles. The number of benzene rings is 1. The van der Waals surface area contributed by atoms with E-state index in [0.29, 0.717) is 5.75 Å². The highest BCUT2D eigenvalue weighted by molar-refractivity contribution is 5.85. The van der Waals surface area contributed by atoms with Gasteiger partial charge >= 0.3 is 0 Å². The standard InChI is InChI=1S/C15H22N2O3.ClH/c1-11-10-16-8-9-17(11)15(18)12(2)20-14-6-4-13(19-3)5-7-14;/h4-7,11-12,16H,8-10H2,1-3H3;1H/t11-,12?;/m1./s1. The summed E-state index contributed by atoms with van der Waals surface area (Å²) in [5.74, 6) is 1.48. The molecular formula is C15H23ClN2O3. The Kier molecular flexibility index (Phi) is 6.78. The molecule has 1 fully saturated rings. The molecule has 6 heteroatoms. The van der Waals surface area contributed by atoms with Gasteiger partial charge in [-0.2, -0.15) is 0 Å². The molecule has 2 atom stereocenters. The monoisotopic (exact) mass is 314 g/mol. The third-order valence-electron chi connectivity index (χ3n) is 3.50. The molecule has 5 nitrogen and oxygen atoms in total. The summed E-state index contributed by atoms with van der Waals surface area (Å²) in [5, 5.41) is 3.27. The maximum atomic E-state index is 12.4. The molecule has 1 amide bonds. The molecule has 1 aromatic rings. The van der Waals surface area contributed by atoms with Crippen molar-refractivity contribution in [3.8, 4) is 11.5 Å². The van der Waals surface area contributed by atoms with E-state index in [9.17, 15) is 4.79 Å². The highest BCUT2D eigenvalue weighted by Gasteiger charge is 2.27. The topological polar surface area (TPSA) is 50.8 Å². The summed E-state index contributed by atoms with van der Waals surface area (Å²) in [4.78, 5) is 14.3. The molecule has 0 bridgehead atoms. The summed E-state index contributed by atoms with van der Waals surface area (Å²) in [7, 11) is 1.62. The first kappa shape index (κ1) is 17.6. The molecule has 1 heterocycles. The van der Waals surface area contributed by atoms with Crippen molar-refractivity contribution in [1.29, 1.82) is 0 Å². The van der Waals surface area contributed by atoms with Gasteiger partial charge in [-0.15, -0.1) is 12.4 Å². The first-order chi connectivity index (χ1) is 9.61. The van der Waals surface area contributed by atoms with Crippen LogP contribution < -0.4 is 14.8 Å². The average Bonchev–Trinajstić information content (AvgIpc) is 2.48. The van der Waals surface area contributed by atoms with Gasteiger partial charge in [-0.25, -0.2) is 0 Å². The van der Waals surface area contributed by atoms with E-state index in [0.717, 1.165) is 25.4 Å². The van der Waals surface area contributed by atoms with Crippen molar-refractivity contribution in [1.82, 2.24) is 10.2 Å². The Morgan fingerprint density at radius 2 is 1.95 bits per heavy atom. The molecule has 1 aliphatic rings. The number of ether oxygens (including phenoxy) is 2. The molecule has 21 heavy (non-hydrogen) atoms. The lowest BCUT2D eigenvalue weighted by molar-refractivity contribution is -0.140. The van der Waals surface area contributed by atoms with E-state index >= 15 is 0 Å². The molecular weight excluding hydrogens is 292 g/mol. The summed E-state index contributed by atoms with van der Waals surface area (Å²) in [5.41, 5.74) is 0. The Hall–Kier alpha value is -1.46. The lowest BCUT2D eigenvalue weighted by Gasteiger charge is -2.35. The Labute approximate surface area is 132 Å². The van der Waals surface area contributed by atoms with Gasteiger partial charge in [0.1, 0.15) is 11.5 Å². The summed E-state index contributed by atoms with van der Waals surface area (Å²) in [6.07, 6.45) is -0.482. The minimum atomic E-state index is -0.482. The maximum absolute atomic E-state index is 12.4. The fourth-order valence-electron chi connectivity index (χ4n) is 2.31. The van der Waals surface area contributed by atoms with Gasteiger partial charge in [-0.1, -0.05) is 0 Å². The molecule has 0 aliphatic carbocycles.